The maximum absolute atomic E-state index is 13.0. The van der Waals surface area contributed by atoms with Crippen molar-refractivity contribution in [2.75, 3.05) is 18.4 Å². The molecule has 8 heteroatoms. The van der Waals surface area contributed by atoms with Crippen molar-refractivity contribution in [1.29, 1.82) is 0 Å². The van der Waals surface area contributed by atoms with Gasteiger partial charge < -0.3 is 10.2 Å². The lowest BCUT2D eigenvalue weighted by molar-refractivity contribution is -0.121. The van der Waals surface area contributed by atoms with Crippen molar-refractivity contribution in [2.24, 2.45) is 5.92 Å². The number of halogens is 1. The fraction of sp³-hybridized carbons (Fsp3) is 0.524. The molecule has 154 valence electrons. The molecule has 1 saturated carbocycles. The van der Waals surface area contributed by atoms with Crippen LogP contribution < -0.4 is 5.32 Å². The number of piperidine rings is 1. The van der Waals surface area contributed by atoms with E-state index in [1.807, 2.05) is 0 Å². The highest BCUT2D eigenvalue weighted by molar-refractivity contribution is 7.15. The first-order chi connectivity index (χ1) is 14.1. The number of carbonyl (C=O) groups excluding carboxylic acids is 2. The van der Waals surface area contributed by atoms with Crippen LogP contribution in [0, 0.1) is 11.7 Å². The van der Waals surface area contributed by atoms with E-state index in [1.54, 1.807) is 4.90 Å². The van der Waals surface area contributed by atoms with E-state index in [9.17, 15) is 14.0 Å². The molecule has 2 fully saturated rings. The summed E-state index contributed by atoms with van der Waals surface area (Å²) in [4.78, 5) is 26.9. The molecule has 2 amide bonds. The van der Waals surface area contributed by atoms with Crippen molar-refractivity contribution in [1.82, 2.24) is 15.1 Å². The third-order valence-electron chi connectivity index (χ3n) is 5.87. The molecule has 2 heterocycles. The molecular weight excluding hydrogens is 391 g/mol. The summed E-state index contributed by atoms with van der Waals surface area (Å²) in [5, 5.41) is 13.0. The highest BCUT2D eigenvalue weighted by Crippen LogP contribution is 2.35. The van der Waals surface area contributed by atoms with Gasteiger partial charge >= 0.3 is 0 Å². The number of hydrogen-bond acceptors (Lipinski definition) is 5. The molecule has 1 aliphatic heterocycles. The van der Waals surface area contributed by atoms with Crippen molar-refractivity contribution in [3.05, 3.63) is 40.7 Å². The van der Waals surface area contributed by atoms with Gasteiger partial charge in [-0.05, 0) is 49.9 Å². The number of benzene rings is 1. The number of rotatable bonds is 4. The van der Waals surface area contributed by atoms with Crippen LogP contribution in [0.1, 0.15) is 66.2 Å². The first-order valence-corrected chi connectivity index (χ1v) is 11.1. The lowest BCUT2D eigenvalue weighted by atomic mass is 9.90. The number of likely N-dealkylation sites (tertiary alicyclic amines) is 1. The predicted molar refractivity (Wildman–Crippen MR) is 109 cm³/mol. The zero-order valence-corrected chi connectivity index (χ0v) is 17.1. The molecule has 0 bridgehead atoms. The Balaban J connectivity index is 1.28. The molecule has 1 saturated heterocycles. The van der Waals surface area contributed by atoms with Gasteiger partial charge in [-0.3, -0.25) is 9.59 Å². The number of carbonyl (C=O) groups is 2. The SMILES string of the molecule is O=C(Nc1nnc(C2CCCCC2)s1)C1CCN(C(=O)c2ccc(F)cc2)CC1. The Bertz CT molecular complexity index is 856. The van der Waals surface area contributed by atoms with E-state index in [-0.39, 0.29) is 23.5 Å². The molecular formula is C21H25FN4O2S. The van der Waals surface area contributed by atoms with E-state index in [1.165, 1.54) is 54.9 Å². The molecule has 2 aromatic rings. The fourth-order valence-electron chi connectivity index (χ4n) is 4.13. The van der Waals surface area contributed by atoms with Crippen molar-refractivity contribution < 1.29 is 14.0 Å². The summed E-state index contributed by atoms with van der Waals surface area (Å²) < 4.78 is 13.0. The third kappa shape index (κ3) is 4.80. The Kier molecular flexibility index (Phi) is 6.18. The summed E-state index contributed by atoms with van der Waals surface area (Å²) in [6.45, 7) is 1.02. The Morgan fingerprint density at radius 2 is 1.69 bits per heavy atom. The molecule has 4 rings (SSSR count). The van der Waals surface area contributed by atoms with Gasteiger partial charge in [0.15, 0.2) is 0 Å². The topological polar surface area (TPSA) is 75.2 Å². The molecule has 1 aliphatic carbocycles. The van der Waals surface area contributed by atoms with Crippen molar-refractivity contribution in [2.45, 2.75) is 50.9 Å². The van der Waals surface area contributed by atoms with Crippen LogP contribution in [0.3, 0.4) is 0 Å². The largest absolute Gasteiger partial charge is 0.339 e. The maximum atomic E-state index is 13.0. The summed E-state index contributed by atoms with van der Waals surface area (Å²) >= 11 is 1.49. The summed E-state index contributed by atoms with van der Waals surface area (Å²) in [5.74, 6) is -0.197. The molecule has 0 unspecified atom stereocenters. The molecule has 1 N–H and O–H groups in total. The lowest BCUT2D eigenvalue weighted by Gasteiger charge is -2.31. The van der Waals surface area contributed by atoms with Crippen LogP contribution in [0.25, 0.3) is 0 Å². The van der Waals surface area contributed by atoms with Crippen LogP contribution in [0.5, 0.6) is 0 Å². The van der Waals surface area contributed by atoms with Gasteiger partial charge in [-0.2, -0.15) is 0 Å². The second-order valence-corrected chi connectivity index (χ2v) is 8.85. The second-order valence-electron chi connectivity index (χ2n) is 7.84. The van der Waals surface area contributed by atoms with E-state index < -0.39 is 0 Å². The van der Waals surface area contributed by atoms with Crippen molar-refractivity contribution in [3.63, 3.8) is 0 Å². The van der Waals surface area contributed by atoms with Gasteiger partial charge in [-0.15, -0.1) is 10.2 Å². The monoisotopic (exact) mass is 416 g/mol. The van der Waals surface area contributed by atoms with E-state index in [2.05, 4.69) is 15.5 Å². The van der Waals surface area contributed by atoms with E-state index in [0.717, 1.165) is 17.8 Å². The zero-order chi connectivity index (χ0) is 20.2. The maximum Gasteiger partial charge on any atom is 0.253 e. The quantitative estimate of drug-likeness (QED) is 0.810. The summed E-state index contributed by atoms with van der Waals surface area (Å²) in [7, 11) is 0. The number of aromatic nitrogens is 2. The summed E-state index contributed by atoms with van der Waals surface area (Å²) in [6.07, 6.45) is 7.29. The molecule has 0 spiro atoms. The van der Waals surface area contributed by atoms with Gasteiger partial charge in [-0.1, -0.05) is 30.6 Å². The van der Waals surface area contributed by atoms with Gasteiger partial charge in [0.1, 0.15) is 10.8 Å². The Hall–Kier alpha value is -2.35. The molecule has 6 nitrogen and oxygen atoms in total. The normalized spacial score (nSPS) is 18.6. The number of amides is 2. The molecule has 1 aromatic heterocycles. The first kappa shape index (κ1) is 19.9. The minimum Gasteiger partial charge on any atom is -0.339 e. The number of nitrogens with one attached hydrogen (secondary N) is 1. The second kappa shape index (κ2) is 8.98. The smallest absolute Gasteiger partial charge is 0.253 e. The Morgan fingerprint density at radius 1 is 1.00 bits per heavy atom. The summed E-state index contributed by atoms with van der Waals surface area (Å²) in [6, 6.07) is 5.57. The highest BCUT2D eigenvalue weighted by Gasteiger charge is 2.29. The van der Waals surface area contributed by atoms with Gasteiger partial charge in [0.05, 0.1) is 0 Å². The number of hydrogen-bond donors (Lipinski definition) is 1. The standard InChI is InChI=1S/C21H25FN4O2S/c22-17-8-6-16(7-9-17)20(28)26-12-10-14(11-13-26)18(27)23-21-25-24-19(29-21)15-4-2-1-3-5-15/h6-9,14-15H,1-5,10-13H2,(H,23,25,27). The van der Waals surface area contributed by atoms with Crippen LogP contribution in [0.2, 0.25) is 0 Å². The fourth-order valence-corrected chi connectivity index (χ4v) is 5.04. The van der Waals surface area contributed by atoms with Gasteiger partial charge in [0, 0.05) is 30.5 Å². The predicted octanol–water partition coefficient (Wildman–Crippen LogP) is 4.22. The van der Waals surface area contributed by atoms with E-state index in [4.69, 9.17) is 0 Å². The molecule has 0 radical (unpaired) electrons. The van der Waals surface area contributed by atoms with Crippen LogP contribution >= 0.6 is 11.3 Å². The van der Waals surface area contributed by atoms with Gasteiger partial charge in [0.25, 0.3) is 5.91 Å². The average Bonchev–Trinajstić information content (AvgIpc) is 3.23. The van der Waals surface area contributed by atoms with Crippen molar-refractivity contribution in [3.8, 4) is 0 Å². The van der Waals surface area contributed by atoms with Gasteiger partial charge in [-0.25, -0.2) is 4.39 Å². The highest BCUT2D eigenvalue weighted by atomic mass is 32.1. The average molecular weight is 417 g/mol. The minimum absolute atomic E-state index is 0.0507. The van der Waals surface area contributed by atoms with Crippen molar-refractivity contribution >= 4 is 28.3 Å². The number of nitrogens with zero attached hydrogens (tertiary/aromatic N) is 3. The lowest BCUT2D eigenvalue weighted by Crippen LogP contribution is -2.41. The Labute approximate surface area is 173 Å². The van der Waals surface area contributed by atoms with E-state index in [0.29, 0.717) is 42.5 Å². The molecule has 1 aromatic carbocycles. The van der Waals surface area contributed by atoms with Crippen LogP contribution in [0.15, 0.2) is 24.3 Å². The van der Waals surface area contributed by atoms with Crippen LogP contribution in [-0.4, -0.2) is 40.0 Å². The Morgan fingerprint density at radius 3 is 2.38 bits per heavy atom. The van der Waals surface area contributed by atoms with Crippen LogP contribution in [-0.2, 0) is 4.79 Å². The van der Waals surface area contributed by atoms with E-state index >= 15 is 0 Å². The minimum atomic E-state index is -0.361. The number of anilines is 1. The third-order valence-corrected chi connectivity index (χ3v) is 6.87. The molecule has 0 atom stereocenters. The zero-order valence-electron chi connectivity index (χ0n) is 16.3. The molecule has 2 aliphatic rings. The van der Waals surface area contributed by atoms with Gasteiger partial charge in [0.2, 0.25) is 11.0 Å². The molecule has 29 heavy (non-hydrogen) atoms. The summed E-state index contributed by atoms with van der Waals surface area (Å²) in [5.41, 5.74) is 0.471. The van der Waals surface area contributed by atoms with Crippen LogP contribution in [0.4, 0.5) is 9.52 Å². The first-order valence-electron chi connectivity index (χ1n) is 10.3.